The van der Waals surface area contributed by atoms with Gasteiger partial charge >= 0.3 is 0 Å². The van der Waals surface area contributed by atoms with Gasteiger partial charge in [-0.2, -0.15) is 0 Å². The lowest BCUT2D eigenvalue weighted by Crippen LogP contribution is -2.13. The van der Waals surface area contributed by atoms with Gasteiger partial charge in [0.2, 0.25) is 5.75 Å². The molecule has 2 N–H and O–H groups in total. The first-order chi connectivity index (χ1) is 10.1. The van der Waals surface area contributed by atoms with E-state index >= 15 is 0 Å². The van der Waals surface area contributed by atoms with Gasteiger partial charge in [0.25, 0.3) is 5.56 Å². The summed E-state index contributed by atoms with van der Waals surface area (Å²) in [5.41, 5.74) is 1.21. The summed E-state index contributed by atoms with van der Waals surface area (Å²) in [7, 11) is 4.64. The maximum atomic E-state index is 11.8. The number of ether oxygens (including phenoxy) is 3. The van der Waals surface area contributed by atoms with E-state index in [2.05, 4.69) is 9.97 Å². The maximum absolute atomic E-state index is 11.8. The lowest BCUT2D eigenvalue weighted by molar-refractivity contribution is 0.324. The van der Waals surface area contributed by atoms with E-state index in [0.717, 1.165) is 5.56 Å². The van der Waals surface area contributed by atoms with Crippen LogP contribution in [-0.2, 0) is 6.42 Å². The van der Waals surface area contributed by atoms with Crippen LogP contribution in [0, 0.1) is 4.77 Å². The van der Waals surface area contributed by atoms with Crippen molar-refractivity contribution in [3.8, 4) is 17.2 Å². The Labute approximate surface area is 126 Å². The maximum Gasteiger partial charge on any atom is 0.255 e. The van der Waals surface area contributed by atoms with Crippen molar-refractivity contribution in [2.75, 3.05) is 21.3 Å². The van der Waals surface area contributed by atoms with Crippen molar-refractivity contribution in [3.63, 3.8) is 0 Å². The van der Waals surface area contributed by atoms with Gasteiger partial charge in [0, 0.05) is 18.2 Å². The van der Waals surface area contributed by atoms with E-state index in [4.69, 9.17) is 26.4 Å². The Kier molecular flexibility index (Phi) is 4.64. The molecule has 1 aromatic carbocycles. The summed E-state index contributed by atoms with van der Waals surface area (Å²) in [6, 6.07) is 3.62. The Morgan fingerprint density at radius 1 is 1.10 bits per heavy atom. The van der Waals surface area contributed by atoms with Crippen molar-refractivity contribution >= 4 is 12.2 Å². The zero-order valence-corrected chi connectivity index (χ0v) is 12.8. The predicted octanol–water partition coefficient (Wildman–Crippen LogP) is 2.05. The van der Waals surface area contributed by atoms with Gasteiger partial charge in [-0.1, -0.05) is 0 Å². The van der Waals surface area contributed by atoms with Crippen molar-refractivity contribution in [1.29, 1.82) is 0 Å². The van der Waals surface area contributed by atoms with Gasteiger partial charge in [-0.25, -0.2) is 0 Å². The van der Waals surface area contributed by atoms with Gasteiger partial charge in [0.05, 0.1) is 21.3 Å². The molecule has 0 radical (unpaired) electrons. The zero-order valence-electron chi connectivity index (χ0n) is 12.0. The molecule has 0 saturated heterocycles. The minimum atomic E-state index is -0.215. The molecule has 0 aliphatic heterocycles. The number of nitrogens with one attached hydrogen (secondary N) is 2. The first-order valence-electron chi connectivity index (χ1n) is 6.18. The highest BCUT2D eigenvalue weighted by Crippen LogP contribution is 2.38. The Balaban J connectivity index is 2.44. The van der Waals surface area contributed by atoms with Gasteiger partial charge < -0.3 is 19.2 Å². The third-order valence-electron chi connectivity index (χ3n) is 3.02. The van der Waals surface area contributed by atoms with Crippen LogP contribution in [0.1, 0.15) is 11.1 Å². The minimum Gasteiger partial charge on any atom is -0.493 e. The number of aromatic amines is 2. The summed E-state index contributed by atoms with van der Waals surface area (Å²) in [6.45, 7) is 0. The molecule has 6 nitrogen and oxygen atoms in total. The van der Waals surface area contributed by atoms with Crippen LogP contribution in [0.4, 0.5) is 0 Å². The first-order valence-corrected chi connectivity index (χ1v) is 6.59. The number of methoxy groups -OCH3 is 3. The molecule has 0 amide bonds. The second-order valence-corrected chi connectivity index (χ2v) is 4.72. The fourth-order valence-corrected chi connectivity index (χ4v) is 2.18. The average molecular weight is 308 g/mol. The van der Waals surface area contributed by atoms with Crippen LogP contribution >= 0.6 is 12.2 Å². The molecule has 0 bridgehead atoms. The molecule has 0 spiro atoms. The quantitative estimate of drug-likeness (QED) is 0.827. The minimum absolute atomic E-state index is 0.215. The van der Waals surface area contributed by atoms with Crippen LogP contribution in [0.25, 0.3) is 0 Å². The predicted molar refractivity (Wildman–Crippen MR) is 81.2 cm³/mol. The van der Waals surface area contributed by atoms with E-state index in [1.54, 1.807) is 27.5 Å². The topological polar surface area (TPSA) is 76.3 Å². The summed E-state index contributed by atoms with van der Waals surface area (Å²) < 4.78 is 16.1. The highest BCUT2D eigenvalue weighted by atomic mass is 32.1. The van der Waals surface area contributed by atoms with Crippen molar-refractivity contribution in [2.24, 2.45) is 0 Å². The normalized spacial score (nSPS) is 10.2. The Hall–Kier alpha value is -2.28. The second-order valence-electron chi connectivity index (χ2n) is 4.31. The third kappa shape index (κ3) is 3.25. The fraction of sp³-hybridized carbons (Fsp3) is 0.286. The van der Waals surface area contributed by atoms with E-state index in [1.807, 2.05) is 12.1 Å². The Morgan fingerprint density at radius 2 is 1.71 bits per heavy atom. The molecule has 1 heterocycles. The van der Waals surface area contributed by atoms with Crippen LogP contribution in [0.3, 0.4) is 0 Å². The Bertz CT molecular complexity index is 726. The van der Waals surface area contributed by atoms with Crippen molar-refractivity contribution in [3.05, 3.63) is 44.6 Å². The van der Waals surface area contributed by atoms with Crippen LogP contribution in [0.5, 0.6) is 17.2 Å². The largest absolute Gasteiger partial charge is 0.493 e. The van der Waals surface area contributed by atoms with Crippen LogP contribution in [-0.4, -0.2) is 31.3 Å². The average Bonchev–Trinajstić information content (AvgIpc) is 2.49. The number of rotatable bonds is 5. The molecule has 0 saturated carbocycles. The van der Waals surface area contributed by atoms with E-state index in [-0.39, 0.29) is 5.56 Å². The first kappa shape index (κ1) is 15.1. The van der Waals surface area contributed by atoms with Crippen LogP contribution in [0.2, 0.25) is 0 Å². The molecule has 7 heteroatoms. The molecule has 2 aromatic rings. The Morgan fingerprint density at radius 3 is 2.19 bits per heavy atom. The molecular formula is C14H16N2O4S. The highest BCUT2D eigenvalue weighted by Gasteiger charge is 2.14. The number of aromatic nitrogens is 2. The molecule has 0 fully saturated rings. The van der Waals surface area contributed by atoms with E-state index in [0.29, 0.717) is 34.0 Å². The summed E-state index contributed by atoms with van der Waals surface area (Å²) in [4.78, 5) is 17.2. The second kappa shape index (κ2) is 6.45. The number of hydrogen-bond acceptors (Lipinski definition) is 5. The van der Waals surface area contributed by atoms with Crippen LogP contribution in [0.15, 0.2) is 23.1 Å². The van der Waals surface area contributed by atoms with Gasteiger partial charge in [0.15, 0.2) is 16.3 Å². The molecule has 0 unspecified atom stereocenters. The molecule has 2 rings (SSSR count). The molecule has 1 aromatic heterocycles. The van der Waals surface area contributed by atoms with E-state index in [9.17, 15) is 4.79 Å². The lowest BCUT2D eigenvalue weighted by atomic mass is 10.1. The standard InChI is InChI=1S/C14H16N2O4S/c1-18-10-5-8(6-11(19-2)12(10)20-3)4-9-7-15-14(21)16-13(9)17/h5-7H,4H2,1-3H3,(H2,15,16,17,21). The summed E-state index contributed by atoms with van der Waals surface area (Å²) in [5, 5.41) is 0. The van der Waals surface area contributed by atoms with Gasteiger partial charge in [0.1, 0.15) is 0 Å². The summed E-state index contributed by atoms with van der Waals surface area (Å²) in [5.74, 6) is 1.62. The molecule has 0 atom stereocenters. The van der Waals surface area contributed by atoms with Crippen molar-refractivity contribution < 1.29 is 14.2 Å². The molecular weight excluding hydrogens is 292 g/mol. The van der Waals surface area contributed by atoms with Crippen LogP contribution < -0.4 is 19.8 Å². The molecule has 112 valence electrons. The van der Waals surface area contributed by atoms with Crippen molar-refractivity contribution in [2.45, 2.75) is 6.42 Å². The SMILES string of the molecule is COc1cc(Cc2c[nH]c(=S)[nH]c2=O)cc(OC)c1OC. The molecule has 0 aliphatic carbocycles. The third-order valence-corrected chi connectivity index (χ3v) is 3.24. The molecule has 21 heavy (non-hydrogen) atoms. The zero-order chi connectivity index (χ0) is 15.4. The van der Waals surface area contributed by atoms with Gasteiger partial charge in [-0.05, 0) is 29.9 Å². The van der Waals surface area contributed by atoms with Gasteiger partial charge in [-0.15, -0.1) is 0 Å². The molecule has 0 aliphatic rings. The van der Waals surface area contributed by atoms with Crippen molar-refractivity contribution in [1.82, 2.24) is 9.97 Å². The smallest absolute Gasteiger partial charge is 0.255 e. The highest BCUT2D eigenvalue weighted by molar-refractivity contribution is 7.71. The summed E-state index contributed by atoms with van der Waals surface area (Å²) >= 11 is 4.87. The lowest BCUT2D eigenvalue weighted by Gasteiger charge is -2.14. The fourth-order valence-electron chi connectivity index (χ4n) is 2.03. The number of H-pyrrole nitrogens is 2. The van der Waals surface area contributed by atoms with E-state index < -0.39 is 0 Å². The number of hydrogen-bond donors (Lipinski definition) is 2. The van der Waals surface area contributed by atoms with Gasteiger partial charge in [-0.3, -0.25) is 9.78 Å². The van der Waals surface area contributed by atoms with E-state index in [1.165, 1.54) is 0 Å². The number of benzene rings is 1. The summed E-state index contributed by atoms with van der Waals surface area (Å²) in [6.07, 6.45) is 2.02. The monoisotopic (exact) mass is 308 g/mol.